The topological polar surface area (TPSA) is 57.5 Å². The number of rotatable bonds is 6. The van der Waals surface area contributed by atoms with Gasteiger partial charge in [-0.05, 0) is 38.0 Å². The molecule has 0 unspecified atom stereocenters. The number of aliphatic carboxylic acids is 1. The van der Waals surface area contributed by atoms with Gasteiger partial charge in [0.25, 0.3) is 0 Å². The second-order valence-corrected chi connectivity index (χ2v) is 5.79. The number of hydrogen-bond donors (Lipinski definition) is 2. The van der Waals surface area contributed by atoms with Crippen LogP contribution in [0.2, 0.25) is 0 Å². The third kappa shape index (κ3) is 6.34. The summed E-state index contributed by atoms with van der Waals surface area (Å²) in [5.74, 6) is 0.0364. The van der Waals surface area contributed by atoms with E-state index in [1.165, 1.54) is 0 Å². The third-order valence-corrected chi connectivity index (χ3v) is 3.28. The van der Waals surface area contributed by atoms with Gasteiger partial charge in [0.15, 0.2) is 0 Å². The Morgan fingerprint density at radius 1 is 1.29 bits per heavy atom. The molecule has 1 aromatic rings. The lowest BCUT2D eigenvalue weighted by atomic mass is 10.1. The Morgan fingerprint density at radius 3 is 2.35 bits per heavy atom. The van der Waals surface area contributed by atoms with Crippen molar-refractivity contribution in [2.45, 2.75) is 37.2 Å². The predicted octanol–water partition coefficient (Wildman–Crippen LogP) is 2.57. The fourth-order valence-electron chi connectivity index (χ4n) is 1.30. The van der Waals surface area contributed by atoms with Gasteiger partial charge in [0.05, 0.1) is 12.0 Å². The fourth-order valence-corrected chi connectivity index (χ4v) is 2.46. The van der Waals surface area contributed by atoms with Gasteiger partial charge < -0.3 is 10.2 Å². The van der Waals surface area contributed by atoms with Crippen LogP contribution in [0.1, 0.15) is 25.8 Å². The van der Waals surface area contributed by atoms with E-state index in [-0.39, 0.29) is 6.42 Å². The molecule has 0 atom stereocenters. The number of hydrogen-bond acceptors (Lipinski definition) is 3. The SMILES string of the molecule is CC(C)(O)CCSc1ccc(CC(=O)O)cc1. The summed E-state index contributed by atoms with van der Waals surface area (Å²) in [7, 11) is 0. The standard InChI is InChI=1S/C13H18O3S/c1-13(2,16)7-8-17-11-5-3-10(4-6-11)9-12(14)15/h3-6,16H,7-9H2,1-2H3,(H,14,15). The van der Waals surface area contributed by atoms with E-state index < -0.39 is 11.6 Å². The average molecular weight is 254 g/mol. The van der Waals surface area contributed by atoms with E-state index in [4.69, 9.17) is 5.11 Å². The van der Waals surface area contributed by atoms with E-state index in [0.29, 0.717) is 0 Å². The van der Waals surface area contributed by atoms with Gasteiger partial charge in [-0.15, -0.1) is 11.8 Å². The normalized spacial score (nSPS) is 11.5. The van der Waals surface area contributed by atoms with Crippen molar-refractivity contribution in [3.05, 3.63) is 29.8 Å². The van der Waals surface area contributed by atoms with Crippen molar-refractivity contribution < 1.29 is 15.0 Å². The van der Waals surface area contributed by atoms with Gasteiger partial charge in [-0.25, -0.2) is 0 Å². The monoisotopic (exact) mass is 254 g/mol. The Balaban J connectivity index is 2.43. The summed E-state index contributed by atoms with van der Waals surface area (Å²) in [6.45, 7) is 3.59. The zero-order chi connectivity index (χ0) is 12.9. The van der Waals surface area contributed by atoms with Crippen molar-refractivity contribution in [1.29, 1.82) is 0 Å². The minimum Gasteiger partial charge on any atom is -0.481 e. The number of thioether (sulfide) groups is 1. The van der Waals surface area contributed by atoms with Crippen LogP contribution in [0.15, 0.2) is 29.2 Å². The number of carboxylic acid groups (broad SMARTS) is 1. The lowest BCUT2D eigenvalue weighted by molar-refractivity contribution is -0.136. The zero-order valence-electron chi connectivity index (χ0n) is 10.1. The highest BCUT2D eigenvalue weighted by Gasteiger charge is 2.11. The van der Waals surface area contributed by atoms with Gasteiger partial charge in [-0.3, -0.25) is 4.79 Å². The van der Waals surface area contributed by atoms with E-state index in [2.05, 4.69) is 0 Å². The minimum atomic E-state index is -0.813. The number of aliphatic hydroxyl groups is 1. The van der Waals surface area contributed by atoms with E-state index in [9.17, 15) is 9.90 Å². The predicted molar refractivity (Wildman–Crippen MR) is 69.4 cm³/mol. The Kier molecular flexibility index (Phi) is 5.02. The molecule has 0 aromatic heterocycles. The Bertz CT molecular complexity index is 365. The first-order valence-electron chi connectivity index (χ1n) is 5.53. The fraction of sp³-hybridized carbons (Fsp3) is 0.462. The molecule has 0 aliphatic rings. The highest BCUT2D eigenvalue weighted by Crippen LogP contribution is 2.22. The highest BCUT2D eigenvalue weighted by atomic mass is 32.2. The number of carboxylic acids is 1. The van der Waals surface area contributed by atoms with Crippen molar-refractivity contribution >= 4 is 17.7 Å². The number of carbonyl (C=O) groups is 1. The van der Waals surface area contributed by atoms with Crippen LogP contribution in [0.5, 0.6) is 0 Å². The summed E-state index contributed by atoms with van der Waals surface area (Å²) in [5.41, 5.74) is 0.181. The maximum absolute atomic E-state index is 10.5. The summed E-state index contributed by atoms with van der Waals surface area (Å²) < 4.78 is 0. The molecule has 0 saturated heterocycles. The first-order chi connectivity index (χ1) is 7.87. The molecule has 0 spiro atoms. The molecule has 0 heterocycles. The zero-order valence-corrected chi connectivity index (χ0v) is 11.0. The van der Waals surface area contributed by atoms with E-state index >= 15 is 0 Å². The summed E-state index contributed by atoms with van der Waals surface area (Å²) in [4.78, 5) is 11.6. The Hall–Kier alpha value is -1.00. The third-order valence-electron chi connectivity index (χ3n) is 2.26. The molecule has 2 N–H and O–H groups in total. The molecule has 3 nitrogen and oxygen atoms in total. The van der Waals surface area contributed by atoms with Gasteiger partial charge in [0, 0.05) is 10.6 Å². The lowest BCUT2D eigenvalue weighted by Gasteiger charge is -2.16. The van der Waals surface area contributed by atoms with Crippen LogP contribution in [0.3, 0.4) is 0 Å². The van der Waals surface area contributed by atoms with Crippen LogP contribution in [-0.4, -0.2) is 27.5 Å². The molecule has 0 saturated carbocycles. The van der Waals surface area contributed by atoms with Crippen LogP contribution >= 0.6 is 11.8 Å². The molecule has 0 radical (unpaired) electrons. The van der Waals surface area contributed by atoms with Crippen molar-refractivity contribution in [2.75, 3.05) is 5.75 Å². The largest absolute Gasteiger partial charge is 0.481 e. The quantitative estimate of drug-likeness (QED) is 0.766. The Morgan fingerprint density at radius 2 is 1.88 bits per heavy atom. The van der Waals surface area contributed by atoms with Gasteiger partial charge in [-0.1, -0.05) is 12.1 Å². The summed E-state index contributed by atoms with van der Waals surface area (Å²) >= 11 is 1.67. The number of benzene rings is 1. The van der Waals surface area contributed by atoms with E-state index in [0.717, 1.165) is 22.6 Å². The summed E-state index contributed by atoms with van der Waals surface area (Å²) in [5, 5.41) is 18.2. The van der Waals surface area contributed by atoms with Crippen LogP contribution < -0.4 is 0 Å². The molecule has 1 aromatic carbocycles. The summed E-state index contributed by atoms with van der Waals surface area (Å²) in [6, 6.07) is 7.52. The molecule has 0 bridgehead atoms. The second kappa shape index (κ2) is 6.07. The maximum atomic E-state index is 10.5. The molecule has 1 rings (SSSR count). The van der Waals surface area contributed by atoms with Crippen molar-refractivity contribution in [3.63, 3.8) is 0 Å². The molecule has 0 fully saturated rings. The van der Waals surface area contributed by atoms with Crippen molar-refractivity contribution in [3.8, 4) is 0 Å². The molecular formula is C13H18O3S. The molecule has 17 heavy (non-hydrogen) atoms. The molecular weight excluding hydrogens is 236 g/mol. The van der Waals surface area contributed by atoms with E-state index in [1.54, 1.807) is 25.6 Å². The minimum absolute atomic E-state index is 0.0641. The lowest BCUT2D eigenvalue weighted by Crippen LogP contribution is -2.18. The van der Waals surface area contributed by atoms with Gasteiger partial charge in [0.2, 0.25) is 0 Å². The van der Waals surface area contributed by atoms with Crippen molar-refractivity contribution in [2.24, 2.45) is 0 Å². The second-order valence-electron chi connectivity index (χ2n) is 4.63. The first-order valence-corrected chi connectivity index (χ1v) is 6.51. The van der Waals surface area contributed by atoms with E-state index in [1.807, 2.05) is 24.3 Å². The van der Waals surface area contributed by atoms with Gasteiger partial charge in [0.1, 0.15) is 0 Å². The van der Waals surface area contributed by atoms with Crippen LogP contribution in [-0.2, 0) is 11.2 Å². The highest BCUT2D eigenvalue weighted by molar-refractivity contribution is 7.99. The maximum Gasteiger partial charge on any atom is 0.307 e. The average Bonchev–Trinajstić information content (AvgIpc) is 2.18. The van der Waals surface area contributed by atoms with Crippen LogP contribution in [0.4, 0.5) is 0 Å². The molecule has 94 valence electrons. The molecule has 0 aliphatic carbocycles. The van der Waals surface area contributed by atoms with Crippen LogP contribution in [0.25, 0.3) is 0 Å². The summed E-state index contributed by atoms with van der Waals surface area (Å²) in [6.07, 6.45) is 0.795. The smallest absolute Gasteiger partial charge is 0.307 e. The molecule has 0 aliphatic heterocycles. The van der Waals surface area contributed by atoms with Crippen molar-refractivity contribution in [1.82, 2.24) is 0 Å². The van der Waals surface area contributed by atoms with Crippen LogP contribution in [0, 0.1) is 0 Å². The van der Waals surface area contributed by atoms with Gasteiger partial charge in [-0.2, -0.15) is 0 Å². The molecule has 4 heteroatoms. The molecule has 0 amide bonds. The Labute approximate surface area is 106 Å². The first kappa shape index (κ1) is 14.1. The van der Waals surface area contributed by atoms with Gasteiger partial charge >= 0.3 is 5.97 Å².